The molecule has 0 bridgehead atoms. The topological polar surface area (TPSA) is 53.5 Å². The Hall–Kier alpha value is -1.43. The summed E-state index contributed by atoms with van der Waals surface area (Å²) in [5, 5.41) is 0. The van der Waals surface area contributed by atoms with Crippen LogP contribution in [0.15, 0.2) is 5.51 Å². The van der Waals surface area contributed by atoms with Crippen LogP contribution >= 0.6 is 11.3 Å². The Kier molecular flexibility index (Phi) is 7.02. The summed E-state index contributed by atoms with van der Waals surface area (Å²) in [4.78, 5) is 33.6. The number of carbonyl (C=O) groups is 2. The van der Waals surface area contributed by atoms with Crippen LogP contribution in [0.4, 0.5) is 0 Å². The average molecular weight is 337 g/mol. The van der Waals surface area contributed by atoms with Crippen molar-refractivity contribution in [3.63, 3.8) is 0 Å². The van der Waals surface area contributed by atoms with Gasteiger partial charge in [0.15, 0.2) is 0 Å². The second-order valence-corrected chi connectivity index (χ2v) is 7.20. The monoisotopic (exact) mass is 337 g/mol. The maximum atomic E-state index is 12.4. The highest BCUT2D eigenvalue weighted by Crippen LogP contribution is 2.14. The Labute approximate surface area is 142 Å². The quantitative estimate of drug-likeness (QED) is 0.830. The first-order valence-corrected chi connectivity index (χ1v) is 9.36. The van der Waals surface area contributed by atoms with Crippen LogP contribution in [0.25, 0.3) is 0 Å². The molecule has 0 unspecified atom stereocenters. The molecule has 1 aliphatic rings. The predicted molar refractivity (Wildman–Crippen MR) is 92.5 cm³/mol. The molecule has 2 rings (SSSR count). The number of aromatic nitrogens is 1. The van der Waals surface area contributed by atoms with Crippen LogP contribution in [-0.4, -0.2) is 53.3 Å². The lowest BCUT2D eigenvalue weighted by molar-refractivity contribution is -0.139. The van der Waals surface area contributed by atoms with Gasteiger partial charge in [-0.3, -0.25) is 9.59 Å². The van der Waals surface area contributed by atoms with Gasteiger partial charge in [-0.1, -0.05) is 19.3 Å². The molecule has 1 aromatic heterocycles. The lowest BCUT2D eigenvalue weighted by Crippen LogP contribution is -2.42. The molecule has 1 aliphatic heterocycles. The van der Waals surface area contributed by atoms with E-state index in [1.165, 1.54) is 11.3 Å². The summed E-state index contributed by atoms with van der Waals surface area (Å²) in [5.74, 6) is 0.159. The van der Waals surface area contributed by atoms with Gasteiger partial charge in [-0.25, -0.2) is 4.98 Å². The van der Waals surface area contributed by atoms with Crippen LogP contribution < -0.4 is 0 Å². The zero-order valence-corrected chi connectivity index (χ0v) is 15.0. The summed E-state index contributed by atoms with van der Waals surface area (Å²) in [5.41, 5.74) is 2.89. The van der Waals surface area contributed by atoms with E-state index >= 15 is 0 Å². The smallest absolute Gasteiger partial charge is 0.241 e. The van der Waals surface area contributed by atoms with Crippen molar-refractivity contribution in [3.05, 3.63) is 16.1 Å². The van der Waals surface area contributed by atoms with Gasteiger partial charge in [-0.2, -0.15) is 0 Å². The summed E-state index contributed by atoms with van der Waals surface area (Å²) in [7, 11) is 1.82. The number of likely N-dealkylation sites (N-methyl/N-ethyl adjacent to an activating group) is 1. The third kappa shape index (κ3) is 5.61. The van der Waals surface area contributed by atoms with E-state index in [4.69, 9.17) is 0 Å². The average Bonchev–Trinajstić information content (AvgIpc) is 2.97. The maximum absolute atomic E-state index is 12.4. The molecule has 0 aliphatic carbocycles. The highest BCUT2D eigenvalue weighted by atomic mass is 32.1. The second-order valence-electron chi connectivity index (χ2n) is 6.26. The third-order valence-corrected chi connectivity index (χ3v) is 5.44. The van der Waals surface area contributed by atoms with Gasteiger partial charge < -0.3 is 9.80 Å². The van der Waals surface area contributed by atoms with Gasteiger partial charge in [0.25, 0.3) is 0 Å². The molecule has 0 atom stereocenters. The predicted octanol–water partition coefficient (Wildman–Crippen LogP) is 2.64. The van der Waals surface area contributed by atoms with Crippen molar-refractivity contribution in [3.8, 4) is 0 Å². The van der Waals surface area contributed by atoms with E-state index in [0.717, 1.165) is 37.8 Å². The van der Waals surface area contributed by atoms with Gasteiger partial charge in [-0.05, 0) is 19.8 Å². The summed E-state index contributed by atoms with van der Waals surface area (Å²) in [6.45, 7) is 3.60. The van der Waals surface area contributed by atoms with E-state index in [9.17, 15) is 9.59 Å². The van der Waals surface area contributed by atoms with Crippen molar-refractivity contribution in [1.82, 2.24) is 14.8 Å². The molecule has 2 amide bonds. The Morgan fingerprint density at radius 1 is 1.30 bits per heavy atom. The number of rotatable bonds is 5. The molecule has 0 N–H and O–H groups in total. The molecule has 23 heavy (non-hydrogen) atoms. The van der Waals surface area contributed by atoms with Crippen molar-refractivity contribution >= 4 is 23.2 Å². The first kappa shape index (κ1) is 17.9. The van der Waals surface area contributed by atoms with E-state index < -0.39 is 0 Å². The van der Waals surface area contributed by atoms with Gasteiger partial charge in [0.2, 0.25) is 11.8 Å². The van der Waals surface area contributed by atoms with E-state index in [1.807, 2.05) is 19.5 Å². The zero-order chi connectivity index (χ0) is 16.7. The molecule has 0 aromatic carbocycles. The molecule has 1 aromatic rings. The maximum Gasteiger partial charge on any atom is 0.241 e. The first-order chi connectivity index (χ1) is 11.1. The van der Waals surface area contributed by atoms with E-state index in [2.05, 4.69) is 4.98 Å². The summed E-state index contributed by atoms with van der Waals surface area (Å²) < 4.78 is 0. The largest absolute Gasteiger partial charge is 0.344 e. The van der Waals surface area contributed by atoms with Crippen LogP contribution in [0.3, 0.4) is 0 Å². The Morgan fingerprint density at radius 2 is 2.04 bits per heavy atom. The molecule has 6 heteroatoms. The minimum atomic E-state index is 0.0276. The molecule has 0 saturated carbocycles. The Balaban J connectivity index is 1.83. The van der Waals surface area contributed by atoms with E-state index in [0.29, 0.717) is 19.5 Å². The molecule has 5 nitrogen and oxygen atoms in total. The number of hydrogen-bond acceptors (Lipinski definition) is 4. The fourth-order valence-electron chi connectivity index (χ4n) is 2.80. The number of nitrogens with zero attached hydrogens (tertiary/aromatic N) is 3. The van der Waals surface area contributed by atoms with Gasteiger partial charge >= 0.3 is 0 Å². The fourth-order valence-corrected chi connectivity index (χ4v) is 3.57. The summed E-state index contributed by atoms with van der Waals surface area (Å²) >= 11 is 1.63. The Bertz CT molecular complexity index is 530. The number of hydrogen-bond donors (Lipinski definition) is 0. The molecule has 128 valence electrons. The molecule has 0 spiro atoms. The van der Waals surface area contributed by atoms with Gasteiger partial charge in [0.1, 0.15) is 0 Å². The minimum Gasteiger partial charge on any atom is -0.344 e. The van der Waals surface area contributed by atoms with E-state index in [1.54, 1.807) is 21.1 Å². The zero-order valence-electron chi connectivity index (χ0n) is 14.2. The van der Waals surface area contributed by atoms with Crippen LogP contribution in [-0.2, 0) is 16.0 Å². The van der Waals surface area contributed by atoms with Gasteiger partial charge in [0, 0.05) is 37.9 Å². The lowest BCUT2D eigenvalue weighted by Gasteiger charge is -2.25. The second kappa shape index (κ2) is 9.01. The summed E-state index contributed by atoms with van der Waals surface area (Å²) in [6.07, 6.45) is 6.83. The lowest BCUT2D eigenvalue weighted by atomic mass is 10.1. The minimum absolute atomic E-state index is 0.0276. The summed E-state index contributed by atoms with van der Waals surface area (Å²) in [6, 6.07) is 0. The Morgan fingerprint density at radius 3 is 2.78 bits per heavy atom. The highest BCUT2D eigenvalue weighted by molar-refractivity contribution is 7.09. The number of amides is 2. The van der Waals surface area contributed by atoms with Crippen LogP contribution in [0.1, 0.15) is 49.1 Å². The van der Waals surface area contributed by atoms with Gasteiger partial charge in [-0.15, -0.1) is 11.3 Å². The SMILES string of the molecule is Cc1ncsc1CCN(C)C(=O)CN1CCCCCCCC1=O. The van der Waals surface area contributed by atoms with Crippen molar-refractivity contribution in [1.29, 1.82) is 0 Å². The fraction of sp³-hybridized carbons (Fsp3) is 0.706. The van der Waals surface area contributed by atoms with Crippen molar-refractivity contribution < 1.29 is 9.59 Å². The van der Waals surface area contributed by atoms with Crippen LogP contribution in [0.2, 0.25) is 0 Å². The third-order valence-electron chi connectivity index (χ3n) is 4.44. The van der Waals surface area contributed by atoms with Gasteiger partial charge in [0.05, 0.1) is 17.7 Å². The van der Waals surface area contributed by atoms with Crippen molar-refractivity contribution in [2.24, 2.45) is 0 Å². The molecular weight excluding hydrogens is 310 g/mol. The van der Waals surface area contributed by atoms with Crippen LogP contribution in [0, 0.1) is 6.92 Å². The standard InChI is InChI=1S/C17H27N3O2S/c1-14-15(23-13-18-14)9-11-19(2)17(22)12-20-10-7-5-3-4-6-8-16(20)21/h13H,3-12H2,1-2H3. The first-order valence-electron chi connectivity index (χ1n) is 8.48. The highest BCUT2D eigenvalue weighted by Gasteiger charge is 2.20. The number of thiazole rings is 1. The molecule has 1 fully saturated rings. The number of aryl methyl sites for hydroxylation is 1. The van der Waals surface area contributed by atoms with Crippen molar-refractivity contribution in [2.75, 3.05) is 26.7 Å². The molecule has 1 saturated heterocycles. The molecule has 0 radical (unpaired) electrons. The van der Waals surface area contributed by atoms with Crippen LogP contribution in [0.5, 0.6) is 0 Å². The molecular formula is C17H27N3O2S. The molecule has 2 heterocycles. The normalized spacial score (nSPS) is 16.6. The van der Waals surface area contributed by atoms with Crippen molar-refractivity contribution in [2.45, 2.75) is 51.9 Å². The van der Waals surface area contributed by atoms with E-state index in [-0.39, 0.29) is 18.4 Å². The number of carbonyl (C=O) groups excluding carboxylic acids is 2.